The number of aromatic nitrogens is 6. The van der Waals surface area contributed by atoms with E-state index in [2.05, 4.69) is 30.5 Å². The van der Waals surface area contributed by atoms with Crippen molar-refractivity contribution >= 4 is 38.8 Å². The molecule has 0 fully saturated rings. The van der Waals surface area contributed by atoms with Crippen LogP contribution in [0.1, 0.15) is 18.2 Å². The standard InChI is InChI=1S/C32H27FN8O2S/c1-5-6-26(42)39-20-8-9-21(17(2)13-20)29-27(19-7-10-25(23(33)14-19)43-32-35-12-11-18(3)38-32)28-30(44-29)22(15-36-31(28)34)24-16-37-41(4)40-24/h5-16H,1-4H3,(H2,34,36)(H,39,42)/b6-5+. The number of carbonyl (C=O) groups excluding carboxylic acids is 1. The Morgan fingerprint density at radius 1 is 1.09 bits per heavy atom. The number of allylic oxidation sites excluding steroid dienone is 1. The molecule has 220 valence electrons. The summed E-state index contributed by atoms with van der Waals surface area (Å²) in [5, 5.41) is 12.3. The molecule has 0 radical (unpaired) electrons. The van der Waals surface area contributed by atoms with Gasteiger partial charge in [-0.3, -0.25) is 4.79 Å². The highest BCUT2D eigenvalue weighted by atomic mass is 32.1. The number of pyridine rings is 1. The molecule has 0 unspecified atom stereocenters. The summed E-state index contributed by atoms with van der Waals surface area (Å²) in [7, 11) is 1.74. The Hall–Kier alpha value is -5.49. The number of thiophene rings is 1. The molecule has 2 aromatic carbocycles. The second-order valence-electron chi connectivity index (χ2n) is 10.0. The summed E-state index contributed by atoms with van der Waals surface area (Å²) in [5.41, 5.74) is 12.4. The molecule has 12 heteroatoms. The van der Waals surface area contributed by atoms with Crippen LogP contribution < -0.4 is 15.8 Å². The number of benzene rings is 2. The SMILES string of the molecule is C/C=C/C(=O)Nc1ccc(-c2sc3c(-c4cnn(C)n4)cnc(N)c3c2-c2ccc(Oc3nccc(C)n3)c(F)c2)c(C)c1. The number of nitrogens with two attached hydrogens (primary N) is 1. The summed E-state index contributed by atoms with van der Waals surface area (Å²) < 4.78 is 22.1. The minimum absolute atomic E-state index is 0.0100. The number of aryl methyl sites for hydroxylation is 3. The highest BCUT2D eigenvalue weighted by Crippen LogP contribution is 2.50. The fourth-order valence-corrected chi connectivity index (χ4v) is 6.32. The average Bonchev–Trinajstić information content (AvgIpc) is 3.59. The lowest BCUT2D eigenvalue weighted by atomic mass is 9.96. The predicted molar refractivity (Wildman–Crippen MR) is 170 cm³/mol. The number of carbonyl (C=O) groups is 1. The third-order valence-electron chi connectivity index (χ3n) is 6.87. The first kappa shape index (κ1) is 28.6. The Balaban J connectivity index is 1.53. The Labute approximate surface area is 256 Å². The molecule has 6 aromatic rings. The minimum atomic E-state index is -0.590. The average molecular weight is 607 g/mol. The summed E-state index contributed by atoms with van der Waals surface area (Å²) in [5.74, 6) is -0.520. The van der Waals surface area contributed by atoms with Crippen molar-refractivity contribution in [1.29, 1.82) is 0 Å². The Kier molecular flexibility index (Phi) is 7.58. The highest BCUT2D eigenvalue weighted by Gasteiger charge is 2.24. The van der Waals surface area contributed by atoms with Crippen LogP contribution >= 0.6 is 11.3 Å². The summed E-state index contributed by atoms with van der Waals surface area (Å²) in [4.78, 5) is 27.3. The molecule has 0 atom stereocenters. The van der Waals surface area contributed by atoms with E-state index >= 15 is 4.39 Å². The van der Waals surface area contributed by atoms with Gasteiger partial charge in [-0.05, 0) is 73.9 Å². The maximum atomic E-state index is 15.6. The zero-order valence-electron chi connectivity index (χ0n) is 24.3. The highest BCUT2D eigenvalue weighted by molar-refractivity contribution is 7.23. The van der Waals surface area contributed by atoms with Gasteiger partial charge in [0.15, 0.2) is 11.6 Å². The number of hydrogen-bond donors (Lipinski definition) is 2. The second kappa shape index (κ2) is 11.7. The molecule has 0 bridgehead atoms. The van der Waals surface area contributed by atoms with E-state index in [1.165, 1.54) is 28.3 Å². The lowest BCUT2D eigenvalue weighted by molar-refractivity contribution is -0.111. The van der Waals surface area contributed by atoms with Crippen molar-refractivity contribution in [2.45, 2.75) is 20.8 Å². The zero-order valence-corrected chi connectivity index (χ0v) is 25.1. The molecular weight excluding hydrogens is 579 g/mol. The first-order valence-corrected chi connectivity index (χ1v) is 14.4. The van der Waals surface area contributed by atoms with E-state index in [9.17, 15) is 4.79 Å². The first-order chi connectivity index (χ1) is 21.2. The number of nitrogens with zero attached hydrogens (tertiary/aromatic N) is 6. The van der Waals surface area contributed by atoms with E-state index < -0.39 is 5.82 Å². The predicted octanol–water partition coefficient (Wildman–Crippen LogP) is 6.86. The van der Waals surface area contributed by atoms with Crippen LogP contribution in [-0.4, -0.2) is 35.9 Å². The number of rotatable bonds is 7. The van der Waals surface area contributed by atoms with Gasteiger partial charge in [0.2, 0.25) is 5.91 Å². The molecule has 4 heterocycles. The number of nitrogen functional groups attached to an aromatic ring is 1. The van der Waals surface area contributed by atoms with Crippen LogP contribution in [0, 0.1) is 19.7 Å². The fraction of sp³-hybridized carbons (Fsp3) is 0.125. The van der Waals surface area contributed by atoms with Gasteiger partial charge in [-0.15, -0.1) is 11.3 Å². The van der Waals surface area contributed by atoms with Gasteiger partial charge in [-0.1, -0.05) is 18.2 Å². The largest absolute Gasteiger partial charge is 0.421 e. The summed E-state index contributed by atoms with van der Waals surface area (Å²) >= 11 is 1.50. The van der Waals surface area contributed by atoms with Crippen molar-refractivity contribution < 1.29 is 13.9 Å². The van der Waals surface area contributed by atoms with Gasteiger partial charge in [-0.2, -0.15) is 15.0 Å². The second-order valence-corrected chi connectivity index (χ2v) is 11.1. The number of nitrogens with one attached hydrogen (secondary N) is 1. The van der Waals surface area contributed by atoms with E-state index in [0.717, 1.165) is 26.3 Å². The van der Waals surface area contributed by atoms with Gasteiger partial charge in [0.25, 0.3) is 0 Å². The molecule has 0 saturated carbocycles. The Morgan fingerprint density at radius 3 is 2.64 bits per heavy atom. The third kappa shape index (κ3) is 5.50. The van der Waals surface area contributed by atoms with Crippen LogP contribution in [0.5, 0.6) is 11.8 Å². The van der Waals surface area contributed by atoms with Crippen molar-refractivity contribution in [2.24, 2.45) is 7.05 Å². The van der Waals surface area contributed by atoms with Crippen molar-refractivity contribution in [1.82, 2.24) is 29.9 Å². The molecule has 0 aliphatic heterocycles. The number of amides is 1. The quantitative estimate of drug-likeness (QED) is 0.188. The zero-order chi connectivity index (χ0) is 31.0. The molecule has 10 nitrogen and oxygen atoms in total. The van der Waals surface area contributed by atoms with E-state index in [1.54, 1.807) is 63.8 Å². The van der Waals surface area contributed by atoms with Gasteiger partial charge in [0, 0.05) is 52.2 Å². The van der Waals surface area contributed by atoms with Gasteiger partial charge < -0.3 is 15.8 Å². The normalized spacial score (nSPS) is 11.4. The maximum absolute atomic E-state index is 15.6. The molecule has 0 aliphatic rings. The monoisotopic (exact) mass is 606 g/mol. The van der Waals surface area contributed by atoms with Crippen LogP contribution in [-0.2, 0) is 11.8 Å². The van der Waals surface area contributed by atoms with Crippen LogP contribution in [0.4, 0.5) is 15.9 Å². The third-order valence-corrected chi connectivity index (χ3v) is 8.12. The number of ether oxygens (including phenoxy) is 1. The first-order valence-electron chi connectivity index (χ1n) is 13.6. The molecule has 6 rings (SSSR count). The molecule has 0 saturated heterocycles. The molecule has 0 spiro atoms. The van der Waals surface area contributed by atoms with E-state index in [0.29, 0.717) is 39.4 Å². The van der Waals surface area contributed by atoms with Gasteiger partial charge >= 0.3 is 6.01 Å². The van der Waals surface area contributed by atoms with Crippen molar-refractivity contribution in [3.8, 4) is 44.6 Å². The lowest BCUT2D eigenvalue weighted by Crippen LogP contribution is -2.07. The number of fused-ring (bicyclic) bond motifs is 1. The van der Waals surface area contributed by atoms with Crippen LogP contribution in [0.15, 0.2) is 73.2 Å². The van der Waals surface area contributed by atoms with Gasteiger partial charge in [-0.25, -0.2) is 19.3 Å². The lowest BCUT2D eigenvalue weighted by Gasteiger charge is -2.12. The number of hydrogen-bond acceptors (Lipinski definition) is 9. The Morgan fingerprint density at radius 2 is 1.93 bits per heavy atom. The Bertz CT molecular complexity index is 2080. The topological polar surface area (TPSA) is 134 Å². The van der Waals surface area contributed by atoms with Crippen LogP contribution in [0.3, 0.4) is 0 Å². The summed E-state index contributed by atoms with van der Waals surface area (Å²) in [6, 6.07) is 12.2. The molecule has 44 heavy (non-hydrogen) atoms. The van der Waals surface area contributed by atoms with Crippen LogP contribution in [0.2, 0.25) is 0 Å². The molecule has 4 aromatic heterocycles. The van der Waals surface area contributed by atoms with Crippen molar-refractivity contribution in [3.05, 3.63) is 90.3 Å². The maximum Gasteiger partial charge on any atom is 0.322 e. The number of halogens is 1. The minimum Gasteiger partial charge on any atom is -0.421 e. The number of anilines is 2. The molecule has 0 aliphatic carbocycles. The molecular formula is C32H27FN8O2S. The van der Waals surface area contributed by atoms with Crippen molar-refractivity contribution in [3.63, 3.8) is 0 Å². The smallest absolute Gasteiger partial charge is 0.322 e. The molecule has 1 amide bonds. The summed E-state index contributed by atoms with van der Waals surface area (Å²) in [6.07, 6.45) is 8.04. The summed E-state index contributed by atoms with van der Waals surface area (Å²) in [6.45, 7) is 5.54. The van der Waals surface area contributed by atoms with Gasteiger partial charge in [0.05, 0.1) is 10.9 Å². The van der Waals surface area contributed by atoms with Gasteiger partial charge in [0.1, 0.15) is 11.5 Å². The fourth-order valence-electron chi connectivity index (χ4n) is 4.88. The molecule has 3 N–H and O–H groups in total. The van der Waals surface area contributed by atoms with Crippen LogP contribution in [0.25, 0.3) is 42.9 Å². The van der Waals surface area contributed by atoms with Crippen molar-refractivity contribution in [2.75, 3.05) is 11.1 Å². The van der Waals surface area contributed by atoms with E-state index in [1.807, 2.05) is 25.1 Å². The van der Waals surface area contributed by atoms with E-state index in [4.69, 9.17) is 10.5 Å². The van der Waals surface area contributed by atoms with E-state index in [-0.39, 0.29) is 17.7 Å².